The Morgan fingerprint density at radius 1 is 0.886 bits per heavy atom. The van der Waals surface area contributed by atoms with Gasteiger partial charge in [0.05, 0.1) is 23.5 Å². The molecule has 0 aliphatic carbocycles. The summed E-state index contributed by atoms with van der Waals surface area (Å²) in [5.41, 5.74) is 2.06. The molecule has 0 aliphatic heterocycles. The number of benzene rings is 3. The third-order valence-electron chi connectivity index (χ3n) is 5.27. The lowest BCUT2D eigenvalue weighted by Crippen LogP contribution is -2.30. The van der Waals surface area contributed by atoms with Crippen molar-refractivity contribution in [2.75, 3.05) is 11.5 Å². The van der Waals surface area contributed by atoms with Crippen LogP contribution in [0.1, 0.15) is 23.0 Å². The molecule has 0 aliphatic rings. The molecule has 0 bridgehead atoms. The van der Waals surface area contributed by atoms with E-state index >= 15 is 0 Å². The molecule has 0 spiro atoms. The standard InChI is InChI=1S/C28H23N3O3S/c1-2-33-24-12-8-13-25-26(24)30-28(35-25)31(19-21-9-6-7-18-29-21)27(32)20-14-16-23(17-15-20)34-22-10-4-3-5-11-22/h3-18H,2,19H2,1H3. The van der Waals surface area contributed by atoms with Gasteiger partial charge in [0.15, 0.2) is 5.13 Å². The summed E-state index contributed by atoms with van der Waals surface area (Å²) in [4.78, 5) is 24.6. The molecule has 1 amide bonds. The average molecular weight is 482 g/mol. The van der Waals surface area contributed by atoms with Crippen LogP contribution in [-0.4, -0.2) is 22.5 Å². The molecular formula is C28H23N3O3S. The van der Waals surface area contributed by atoms with Crippen molar-refractivity contribution in [1.82, 2.24) is 9.97 Å². The Morgan fingerprint density at radius 3 is 2.40 bits per heavy atom. The third-order valence-corrected chi connectivity index (χ3v) is 6.32. The van der Waals surface area contributed by atoms with Gasteiger partial charge in [-0.1, -0.05) is 41.7 Å². The molecule has 2 heterocycles. The monoisotopic (exact) mass is 481 g/mol. The van der Waals surface area contributed by atoms with Gasteiger partial charge in [-0.25, -0.2) is 4.98 Å². The molecule has 3 aromatic carbocycles. The summed E-state index contributed by atoms with van der Waals surface area (Å²) in [5, 5.41) is 0.590. The van der Waals surface area contributed by atoms with E-state index in [1.54, 1.807) is 35.4 Å². The fourth-order valence-electron chi connectivity index (χ4n) is 3.62. The van der Waals surface area contributed by atoms with E-state index in [0.29, 0.717) is 35.3 Å². The predicted octanol–water partition coefficient (Wildman–Crippen LogP) is 6.73. The molecule has 0 fully saturated rings. The molecule has 0 saturated carbocycles. The van der Waals surface area contributed by atoms with E-state index in [9.17, 15) is 4.79 Å². The van der Waals surface area contributed by atoms with E-state index in [-0.39, 0.29) is 5.91 Å². The molecule has 0 unspecified atom stereocenters. The Bertz CT molecular complexity index is 1420. The zero-order valence-corrected chi connectivity index (χ0v) is 19.9. The summed E-state index contributed by atoms with van der Waals surface area (Å²) >= 11 is 1.45. The van der Waals surface area contributed by atoms with Crippen molar-refractivity contribution < 1.29 is 14.3 Å². The van der Waals surface area contributed by atoms with E-state index in [1.807, 2.05) is 73.7 Å². The summed E-state index contributed by atoms with van der Waals surface area (Å²) in [7, 11) is 0. The molecule has 0 saturated heterocycles. The first-order valence-corrected chi connectivity index (χ1v) is 12.1. The molecule has 5 aromatic rings. The van der Waals surface area contributed by atoms with Crippen LogP contribution >= 0.6 is 11.3 Å². The fourth-order valence-corrected chi connectivity index (χ4v) is 4.61. The molecule has 0 radical (unpaired) electrons. The van der Waals surface area contributed by atoms with Crippen LogP contribution in [0.3, 0.4) is 0 Å². The molecular weight excluding hydrogens is 458 g/mol. The zero-order chi connectivity index (χ0) is 24.0. The number of nitrogens with zero attached hydrogens (tertiary/aromatic N) is 3. The highest BCUT2D eigenvalue weighted by Crippen LogP contribution is 2.35. The maximum Gasteiger partial charge on any atom is 0.260 e. The second-order valence-electron chi connectivity index (χ2n) is 7.68. The van der Waals surface area contributed by atoms with Crippen LogP contribution in [0.5, 0.6) is 17.2 Å². The van der Waals surface area contributed by atoms with Crippen LogP contribution in [0.15, 0.2) is 97.2 Å². The van der Waals surface area contributed by atoms with Gasteiger partial charge in [-0.15, -0.1) is 0 Å². The Hall–Kier alpha value is -4.23. The van der Waals surface area contributed by atoms with E-state index in [2.05, 4.69) is 4.98 Å². The number of hydrogen-bond acceptors (Lipinski definition) is 6. The van der Waals surface area contributed by atoms with Gasteiger partial charge < -0.3 is 9.47 Å². The maximum atomic E-state index is 13.7. The summed E-state index contributed by atoms with van der Waals surface area (Å²) < 4.78 is 12.6. The molecule has 2 aromatic heterocycles. The van der Waals surface area contributed by atoms with Gasteiger partial charge in [0.25, 0.3) is 5.91 Å². The minimum atomic E-state index is -0.168. The molecule has 0 atom stereocenters. The minimum Gasteiger partial charge on any atom is -0.492 e. The van der Waals surface area contributed by atoms with Gasteiger partial charge in [0.2, 0.25) is 0 Å². The number of aromatic nitrogens is 2. The first-order chi connectivity index (χ1) is 17.2. The van der Waals surface area contributed by atoms with Crippen molar-refractivity contribution in [2.24, 2.45) is 0 Å². The first kappa shape index (κ1) is 22.6. The number of amides is 1. The zero-order valence-electron chi connectivity index (χ0n) is 19.1. The summed E-state index contributed by atoms with van der Waals surface area (Å²) in [6.07, 6.45) is 1.72. The van der Waals surface area contributed by atoms with E-state index in [1.165, 1.54) is 11.3 Å². The van der Waals surface area contributed by atoms with Crippen LogP contribution < -0.4 is 14.4 Å². The first-order valence-electron chi connectivity index (χ1n) is 11.3. The predicted molar refractivity (Wildman–Crippen MR) is 138 cm³/mol. The SMILES string of the molecule is CCOc1cccc2sc(N(Cc3ccccn3)C(=O)c3ccc(Oc4ccccc4)cc3)nc12. The van der Waals surface area contributed by atoms with Gasteiger partial charge in [0, 0.05) is 11.8 Å². The number of fused-ring (bicyclic) bond motifs is 1. The number of anilines is 1. The highest BCUT2D eigenvalue weighted by atomic mass is 32.1. The van der Waals surface area contributed by atoms with Crippen LogP contribution in [0, 0.1) is 0 Å². The van der Waals surface area contributed by atoms with Crippen LogP contribution in [0.4, 0.5) is 5.13 Å². The molecule has 6 nitrogen and oxygen atoms in total. The molecule has 35 heavy (non-hydrogen) atoms. The highest BCUT2D eigenvalue weighted by Gasteiger charge is 2.23. The lowest BCUT2D eigenvalue weighted by Gasteiger charge is -2.20. The number of rotatable bonds is 8. The summed E-state index contributed by atoms with van der Waals surface area (Å²) in [5.74, 6) is 1.94. The minimum absolute atomic E-state index is 0.168. The van der Waals surface area contributed by atoms with Gasteiger partial charge in [-0.3, -0.25) is 14.7 Å². The number of carbonyl (C=O) groups excluding carboxylic acids is 1. The van der Waals surface area contributed by atoms with Crippen molar-refractivity contribution in [3.05, 3.63) is 108 Å². The summed E-state index contributed by atoms with van der Waals surface area (Å²) in [6.45, 7) is 2.78. The highest BCUT2D eigenvalue weighted by molar-refractivity contribution is 7.22. The average Bonchev–Trinajstić information content (AvgIpc) is 3.34. The van der Waals surface area contributed by atoms with E-state index in [4.69, 9.17) is 14.5 Å². The van der Waals surface area contributed by atoms with E-state index in [0.717, 1.165) is 21.7 Å². The Labute approximate surface area is 207 Å². The number of hydrogen-bond donors (Lipinski definition) is 0. The molecule has 7 heteroatoms. The van der Waals surface area contributed by atoms with Gasteiger partial charge in [-0.2, -0.15) is 0 Å². The third kappa shape index (κ3) is 5.15. The second-order valence-corrected chi connectivity index (χ2v) is 8.69. The lowest BCUT2D eigenvalue weighted by atomic mass is 10.2. The number of thiazole rings is 1. The van der Waals surface area contributed by atoms with Gasteiger partial charge in [-0.05, 0) is 67.6 Å². The Kier molecular flexibility index (Phi) is 6.68. The van der Waals surface area contributed by atoms with Crippen LogP contribution in [0.25, 0.3) is 10.2 Å². The Balaban J connectivity index is 1.47. The smallest absolute Gasteiger partial charge is 0.260 e. The number of pyridine rings is 1. The fraction of sp³-hybridized carbons (Fsp3) is 0.107. The lowest BCUT2D eigenvalue weighted by molar-refractivity contribution is 0.0985. The van der Waals surface area contributed by atoms with Gasteiger partial charge in [0.1, 0.15) is 22.8 Å². The quantitative estimate of drug-likeness (QED) is 0.246. The number of ether oxygens (including phenoxy) is 2. The molecule has 5 rings (SSSR count). The van der Waals surface area contributed by atoms with Crippen molar-refractivity contribution in [1.29, 1.82) is 0 Å². The van der Waals surface area contributed by atoms with Crippen molar-refractivity contribution in [3.8, 4) is 17.2 Å². The van der Waals surface area contributed by atoms with Crippen LogP contribution in [0.2, 0.25) is 0 Å². The van der Waals surface area contributed by atoms with Crippen molar-refractivity contribution in [3.63, 3.8) is 0 Å². The summed E-state index contributed by atoms with van der Waals surface area (Å²) in [6, 6.07) is 28.1. The topological polar surface area (TPSA) is 64.5 Å². The molecule has 174 valence electrons. The largest absolute Gasteiger partial charge is 0.492 e. The van der Waals surface area contributed by atoms with Crippen molar-refractivity contribution >= 4 is 32.6 Å². The maximum absolute atomic E-state index is 13.7. The van der Waals surface area contributed by atoms with E-state index < -0.39 is 0 Å². The van der Waals surface area contributed by atoms with Crippen LogP contribution in [-0.2, 0) is 6.54 Å². The van der Waals surface area contributed by atoms with Gasteiger partial charge >= 0.3 is 0 Å². The normalized spacial score (nSPS) is 10.8. The Morgan fingerprint density at radius 2 is 1.66 bits per heavy atom. The number of para-hydroxylation sites is 2. The van der Waals surface area contributed by atoms with Crippen molar-refractivity contribution in [2.45, 2.75) is 13.5 Å². The molecule has 0 N–H and O–H groups in total. The number of carbonyl (C=O) groups is 1. The second kappa shape index (κ2) is 10.4.